The number of hydroxylamine groups is 1. The van der Waals surface area contributed by atoms with Crippen LogP contribution in [0.25, 0.3) is 10.9 Å². The molecule has 0 bridgehead atoms. The Labute approximate surface area is 217 Å². The predicted molar refractivity (Wildman–Crippen MR) is 131 cm³/mol. The molecule has 0 unspecified atom stereocenters. The van der Waals surface area contributed by atoms with E-state index < -0.39 is 34.6 Å². The number of hydrogen-bond acceptors (Lipinski definition) is 6. The first-order valence-electron chi connectivity index (χ1n) is 12.3. The number of carbonyl (C=O) groups excluding carboxylic acids is 1. The Balaban J connectivity index is 1.35. The summed E-state index contributed by atoms with van der Waals surface area (Å²) in [6, 6.07) is 6.84. The van der Waals surface area contributed by atoms with Gasteiger partial charge < -0.3 is 9.47 Å². The minimum atomic E-state index is -1.55. The van der Waals surface area contributed by atoms with Crippen molar-refractivity contribution in [2.24, 2.45) is 5.41 Å². The Kier molecular flexibility index (Phi) is 8.68. The second-order valence-electron chi connectivity index (χ2n) is 9.43. The first-order chi connectivity index (χ1) is 18.3. The molecule has 7 nitrogen and oxygen atoms in total. The van der Waals surface area contributed by atoms with E-state index in [1.807, 2.05) is 4.90 Å². The van der Waals surface area contributed by atoms with E-state index in [0.717, 1.165) is 12.1 Å². The number of pyridine rings is 1. The molecule has 0 spiro atoms. The predicted octanol–water partition coefficient (Wildman–Crippen LogP) is 4.79. The molecule has 1 fully saturated rings. The fourth-order valence-corrected chi connectivity index (χ4v) is 5.01. The number of rotatable bonds is 10. The van der Waals surface area contributed by atoms with Crippen LogP contribution >= 0.6 is 0 Å². The highest BCUT2D eigenvalue weighted by Crippen LogP contribution is 2.37. The number of amides is 1. The Bertz CT molecular complexity index is 1280. The number of methoxy groups -OCH3 is 1. The molecule has 3 aromatic rings. The number of aromatic nitrogens is 1. The smallest absolute Gasteiger partial charge is 0.249 e. The molecule has 1 aromatic heterocycles. The van der Waals surface area contributed by atoms with Crippen LogP contribution in [0.1, 0.15) is 31.2 Å². The van der Waals surface area contributed by atoms with Gasteiger partial charge in [-0.2, -0.15) is 0 Å². The van der Waals surface area contributed by atoms with Gasteiger partial charge in [0.15, 0.2) is 17.5 Å². The Morgan fingerprint density at radius 2 is 1.79 bits per heavy atom. The summed E-state index contributed by atoms with van der Waals surface area (Å²) in [6.45, 7) is 1.58. The molecule has 2 aromatic carbocycles. The van der Waals surface area contributed by atoms with Crippen LogP contribution < -0.4 is 15.0 Å². The lowest BCUT2D eigenvalue weighted by molar-refractivity contribution is -0.143. The van der Waals surface area contributed by atoms with E-state index in [2.05, 4.69) is 4.98 Å². The van der Waals surface area contributed by atoms with Gasteiger partial charge in [-0.25, -0.2) is 23.0 Å². The van der Waals surface area contributed by atoms with Gasteiger partial charge in [0.1, 0.15) is 23.9 Å². The average Bonchev–Trinajstić information content (AvgIpc) is 2.93. The maximum absolute atomic E-state index is 14.7. The Morgan fingerprint density at radius 3 is 2.45 bits per heavy atom. The van der Waals surface area contributed by atoms with Crippen LogP contribution in [-0.4, -0.2) is 54.3 Å². The summed E-state index contributed by atoms with van der Waals surface area (Å²) in [5.41, 5.74) is 2.11. The lowest BCUT2D eigenvalue weighted by Crippen LogP contribution is -2.49. The van der Waals surface area contributed by atoms with Crippen molar-refractivity contribution < 1.29 is 37.0 Å². The quantitative estimate of drug-likeness (QED) is 0.168. The van der Waals surface area contributed by atoms with Crippen molar-refractivity contribution in [1.82, 2.24) is 15.4 Å². The van der Waals surface area contributed by atoms with Gasteiger partial charge in [0, 0.05) is 24.1 Å². The van der Waals surface area contributed by atoms with Crippen molar-refractivity contribution in [2.75, 3.05) is 33.4 Å². The van der Waals surface area contributed by atoms with Crippen LogP contribution in [0.15, 0.2) is 36.5 Å². The van der Waals surface area contributed by atoms with Crippen LogP contribution in [0.4, 0.5) is 17.6 Å². The maximum atomic E-state index is 14.7. The maximum Gasteiger partial charge on any atom is 0.249 e. The number of nitrogens with zero attached hydrogens (tertiary/aromatic N) is 2. The molecule has 38 heavy (non-hydrogen) atoms. The molecular formula is C27H29F4N3O4. The van der Waals surface area contributed by atoms with Crippen molar-refractivity contribution in [3.8, 4) is 11.5 Å². The fourth-order valence-electron chi connectivity index (χ4n) is 5.01. The second kappa shape index (κ2) is 12.0. The number of benzene rings is 2. The molecule has 1 aliphatic rings. The van der Waals surface area contributed by atoms with E-state index in [1.54, 1.807) is 23.7 Å². The molecular weight excluding hydrogens is 506 g/mol. The van der Waals surface area contributed by atoms with Gasteiger partial charge in [-0.15, -0.1) is 0 Å². The minimum absolute atomic E-state index is 0.110. The molecule has 11 heteroatoms. The van der Waals surface area contributed by atoms with Crippen molar-refractivity contribution in [3.05, 3.63) is 65.4 Å². The molecule has 1 saturated heterocycles. The number of likely N-dealkylation sites (tertiary alicyclic amines) is 1. The molecule has 204 valence electrons. The van der Waals surface area contributed by atoms with Crippen molar-refractivity contribution in [3.63, 3.8) is 0 Å². The third-order valence-electron chi connectivity index (χ3n) is 7.25. The zero-order valence-corrected chi connectivity index (χ0v) is 20.9. The van der Waals surface area contributed by atoms with Gasteiger partial charge in [0.2, 0.25) is 5.91 Å². The molecule has 1 aliphatic heterocycles. The van der Waals surface area contributed by atoms with Gasteiger partial charge in [-0.3, -0.25) is 19.9 Å². The summed E-state index contributed by atoms with van der Waals surface area (Å²) >= 11 is 0. The monoisotopic (exact) mass is 535 g/mol. The number of fused-ring (bicyclic) bond motifs is 1. The van der Waals surface area contributed by atoms with Gasteiger partial charge in [0.05, 0.1) is 24.2 Å². The number of piperidine rings is 1. The zero-order chi connectivity index (χ0) is 27.3. The van der Waals surface area contributed by atoms with Gasteiger partial charge in [-0.05, 0) is 69.0 Å². The summed E-state index contributed by atoms with van der Waals surface area (Å²) in [6.07, 6.45) is 3.41. The standard InChI is InChI=1S/C27H29F4N3O4/c1-37-17-4-5-24-20(13-17)19(23(30)16-32-24)3-2-6-27(26(35)33-36)7-9-34(10-8-27)11-12-38-18-14-21(28)25(31)22(29)15-18/h4-5,13-16,36H,2-3,6-12H2,1H3,(H,33,35). The minimum Gasteiger partial charge on any atom is -0.497 e. The van der Waals surface area contributed by atoms with Crippen LogP contribution in [0.2, 0.25) is 0 Å². The topological polar surface area (TPSA) is 83.9 Å². The number of ether oxygens (including phenoxy) is 2. The summed E-state index contributed by atoms with van der Waals surface area (Å²) in [5.74, 6) is -4.62. The summed E-state index contributed by atoms with van der Waals surface area (Å²) in [5, 5.41) is 10.1. The van der Waals surface area contributed by atoms with E-state index in [-0.39, 0.29) is 12.4 Å². The largest absolute Gasteiger partial charge is 0.497 e. The number of halogens is 4. The van der Waals surface area contributed by atoms with E-state index in [9.17, 15) is 27.6 Å². The summed E-state index contributed by atoms with van der Waals surface area (Å²) in [7, 11) is 1.53. The molecule has 2 heterocycles. The van der Waals surface area contributed by atoms with Crippen LogP contribution in [0.3, 0.4) is 0 Å². The molecule has 1 amide bonds. The summed E-state index contributed by atoms with van der Waals surface area (Å²) < 4.78 is 65.2. The summed E-state index contributed by atoms with van der Waals surface area (Å²) in [4.78, 5) is 18.9. The van der Waals surface area contributed by atoms with Crippen molar-refractivity contribution in [1.29, 1.82) is 0 Å². The molecule has 2 N–H and O–H groups in total. The zero-order valence-electron chi connectivity index (χ0n) is 20.9. The highest BCUT2D eigenvalue weighted by molar-refractivity contribution is 5.84. The van der Waals surface area contributed by atoms with Crippen LogP contribution in [0.5, 0.6) is 11.5 Å². The molecule has 0 aliphatic carbocycles. The van der Waals surface area contributed by atoms with E-state index in [0.29, 0.717) is 74.0 Å². The lowest BCUT2D eigenvalue weighted by Gasteiger charge is -2.40. The highest BCUT2D eigenvalue weighted by atomic mass is 19.2. The first kappa shape index (κ1) is 27.6. The third kappa shape index (κ3) is 5.99. The Hall–Kier alpha value is -3.44. The number of carbonyl (C=O) groups is 1. The van der Waals surface area contributed by atoms with Crippen molar-refractivity contribution in [2.45, 2.75) is 32.1 Å². The lowest BCUT2D eigenvalue weighted by atomic mass is 9.73. The second-order valence-corrected chi connectivity index (χ2v) is 9.43. The number of aryl methyl sites for hydroxylation is 1. The third-order valence-corrected chi connectivity index (χ3v) is 7.25. The van der Waals surface area contributed by atoms with Crippen LogP contribution in [0, 0.1) is 28.7 Å². The number of hydrogen-bond donors (Lipinski definition) is 2. The van der Waals surface area contributed by atoms with Gasteiger partial charge in [0.25, 0.3) is 0 Å². The molecule has 0 saturated carbocycles. The Morgan fingerprint density at radius 1 is 1.08 bits per heavy atom. The van der Waals surface area contributed by atoms with E-state index >= 15 is 0 Å². The average molecular weight is 536 g/mol. The molecule has 0 radical (unpaired) electrons. The number of nitrogens with one attached hydrogen (secondary N) is 1. The van der Waals surface area contributed by atoms with Gasteiger partial charge in [-0.1, -0.05) is 0 Å². The highest BCUT2D eigenvalue weighted by Gasteiger charge is 2.40. The molecule has 4 rings (SSSR count). The van der Waals surface area contributed by atoms with Gasteiger partial charge >= 0.3 is 0 Å². The van der Waals surface area contributed by atoms with E-state index in [4.69, 9.17) is 9.47 Å². The molecule has 0 atom stereocenters. The fraction of sp³-hybridized carbons (Fsp3) is 0.407. The van der Waals surface area contributed by atoms with Crippen molar-refractivity contribution >= 4 is 16.8 Å². The normalized spacial score (nSPS) is 15.4. The van der Waals surface area contributed by atoms with E-state index in [1.165, 1.54) is 13.3 Å². The van der Waals surface area contributed by atoms with Crippen LogP contribution in [-0.2, 0) is 11.2 Å². The SMILES string of the molecule is COc1ccc2ncc(F)c(CCCC3(C(=O)NO)CCN(CCOc4cc(F)c(F)c(F)c4)CC3)c2c1. The first-order valence-corrected chi connectivity index (χ1v) is 12.3.